The Bertz CT molecular complexity index is 1070. The number of carboxylic acids is 1. The van der Waals surface area contributed by atoms with Crippen LogP contribution in [0.3, 0.4) is 0 Å². The van der Waals surface area contributed by atoms with Gasteiger partial charge in [-0.2, -0.15) is 0 Å². The number of hydrogen-bond acceptors (Lipinski definition) is 5. The van der Waals surface area contributed by atoms with Crippen molar-refractivity contribution in [2.45, 2.75) is 51.4 Å². The summed E-state index contributed by atoms with van der Waals surface area (Å²) in [5, 5.41) is 16.5. The first-order valence-corrected chi connectivity index (χ1v) is 9.84. The second kappa shape index (κ2) is 7.66. The Kier molecular flexibility index (Phi) is 5.05. The monoisotopic (exact) mass is 393 g/mol. The Labute approximate surface area is 168 Å². The van der Waals surface area contributed by atoms with Crippen molar-refractivity contribution in [2.24, 2.45) is 0 Å². The molecule has 4 rings (SSSR count). The highest BCUT2D eigenvalue weighted by molar-refractivity contribution is 6.12. The number of aryl methyl sites for hydroxylation is 1. The molecule has 0 saturated heterocycles. The van der Waals surface area contributed by atoms with Gasteiger partial charge in [0.15, 0.2) is 0 Å². The normalized spacial score (nSPS) is 13.8. The van der Waals surface area contributed by atoms with Crippen LogP contribution in [0.1, 0.15) is 72.3 Å². The molecule has 1 amide bonds. The van der Waals surface area contributed by atoms with Crippen LogP contribution in [0.2, 0.25) is 0 Å². The number of carboxylic acid groups (broad SMARTS) is 1. The smallest absolute Gasteiger partial charge is 0.303 e. The van der Waals surface area contributed by atoms with Crippen molar-refractivity contribution in [1.82, 2.24) is 10.1 Å². The predicted molar refractivity (Wildman–Crippen MR) is 108 cm³/mol. The van der Waals surface area contributed by atoms with Crippen LogP contribution in [-0.2, 0) is 11.2 Å². The summed E-state index contributed by atoms with van der Waals surface area (Å²) in [6.07, 6.45) is 2.68. The summed E-state index contributed by atoms with van der Waals surface area (Å²) in [5.41, 5.74) is 4.09. The number of pyridine rings is 1. The summed E-state index contributed by atoms with van der Waals surface area (Å²) >= 11 is 0. The maximum Gasteiger partial charge on any atom is 0.303 e. The fourth-order valence-electron chi connectivity index (χ4n) is 3.36. The number of fused-ring (bicyclic) bond motifs is 1. The molecular formula is C22H23N3O4. The molecular weight excluding hydrogens is 370 g/mol. The molecule has 1 fully saturated rings. The van der Waals surface area contributed by atoms with Gasteiger partial charge in [-0.1, -0.05) is 31.1 Å². The van der Waals surface area contributed by atoms with Gasteiger partial charge in [0.05, 0.1) is 16.6 Å². The van der Waals surface area contributed by atoms with Gasteiger partial charge in [0.25, 0.3) is 11.6 Å². The highest BCUT2D eigenvalue weighted by Gasteiger charge is 2.29. The standard InChI is InChI=1S/C22H23N3O4/c1-12(2)20-19-16(11-17(14-6-7-14)24-22(19)29-25-20)21(28)23-15-8-3-13(4-9-15)5-10-18(26)27/h3-4,8-9,11-12,14H,5-7,10H2,1-2H3,(H,23,28)(H,26,27). The molecule has 0 atom stereocenters. The summed E-state index contributed by atoms with van der Waals surface area (Å²) in [6.45, 7) is 4.01. The molecule has 1 aliphatic rings. The summed E-state index contributed by atoms with van der Waals surface area (Å²) in [6, 6.07) is 9.09. The first-order valence-electron chi connectivity index (χ1n) is 9.84. The second-order valence-corrected chi connectivity index (χ2v) is 7.82. The van der Waals surface area contributed by atoms with Crippen LogP contribution in [0.25, 0.3) is 11.1 Å². The minimum atomic E-state index is -0.828. The largest absolute Gasteiger partial charge is 0.481 e. The zero-order chi connectivity index (χ0) is 20.5. The molecule has 29 heavy (non-hydrogen) atoms. The van der Waals surface area contributed by atoms with Gasteiger partial charge in [0, 0.05) is 23.7 Å². The highest BCUT2D eigenvalue weighted by atomic mass is 16.5. The number of aliphatic carboxylic acids is 1. The Morgan fingerprint density at radius 1 is 1.24 bits per heavy atom. The molecule has 1 aromatic carbocycles. The Morgan fingerprint density at radius 3 is 2.59 bits per heavy atom. The number of aromatic nitrogens is 2. The van der Waals surface area contributed by atoms with E-state index < -0.39 is 5.97 Å². The third kappa shape index (κ3) is 4.13. The van der Waals surface area contributed by atoms with E-state index >= 15 is 0 Å². The molecule has 3 aromatic rings. The van der Waals surface area contributed by atoms with Crippen LogP contribution in [0.4, 0.5) is 5.69 Å². The van der Waals surface area contributed by atoms with Gasteiger partial charge in [-0.15, -0.1) is 0 Å². The maximum atomic E-state index is 13.1. The number of carbonyl (C=O) groups is 2. The summed E-state index contributed by atoms with van der Waals surface area (Å²) in [7, 11) is 0. The number of nitrogens with zero attached hydrogens (tertiary/aromatic N) is 2. The molecule has 2 N–H and O–H groups in total. The molecule has 150 valence electrons. The average Bonchev–Trinajstić information content (AvgIpc) is 3.45. The fourth-order valence-corrected chi connectivity index (χ4v) is 3.36. The van der Waals surface area contributed by atoms with Crippen LogP contribution >= 0.6 is 0 Å². The van der Waals surface area contributed by atoms with Gasteiger partial charge >= 0.3 is 5.97 Å². The Hall–Kier alpha value is -3.22. The molecule has 2 aromatic heterocycles. The molecule has 0 bridgehead atoms. The van der Waals surface area contributed by atoms with Gasteiger partial charge in [-0.05, 0) is 48.9 Å². The zero-order valence-corrected chi connectivity index (χ0v) is 16.4. The lowest BCUT2D eigenvalue weighted by Gasteiger charge is -2.10. The van der Waals surface area contributed by atoms with E-state index in [4.69, 9.17) is 9.63 Å². The summed E-state index contributed by atoms with van der Waals surface area (Å²) < 4.78 is 5.44. The number of carbonyl (C=O) groups excluding carboxylic acids is 1. The van der Waals surface area contributed by atoms with Crippen LogP contribution in [0.5, 0.6) is 0 Å². The number of anilines is 1. The van der Waals surface area contributed by atoms with E-state index in [9.17, 15) is 9.59 Å². The van der Waals surface area contributed by atoms with E-state index in [-0.39, 0.29) is 18.2 Å². The lowest BCUT2D eigenvalue weighted by atomic mass is 10.0. The minimum Gasteiger partial charge on any atom is -0.481 e. The minimum absolute atomic E-state index is 0.0795. The topological polar surface area (TPSA) is 105 Å². The van der Waals surface area contributed by atoms with Gasteiger partial charge in [0.1, 0.15) is 0 Å². The molecule has 1 aliphatic carbocycles. The first-order chi connectivity index (χ1) is 13.9. The third-order valence-corrected chi connectivity index (χ3v) is 5.12. The van der Waals surface area contributed by atoms with Crippen molar-refractivity contribution >= 4 is 28.7 Å². The van der Waals surface area contributed by atoms with E-state index in [1.807, 2.05) is 32.0 Å². The molecule has 7 nitrogen and oxygen atoms in total. The van der Waals surface area contributed by atoms with Crippen LogP contribution in [-0.4, -0.2) is 27.1 Å². The molecule has 7 heteroatoms. The second-order valence-electron chi connectivity index (χ2n) is 7.82. The number of nitrogens with one attached hydrogen (secondary N) is 1. The van der Waals surface area contributed by atoms with Gasteiger partial charge in [0.2, 0.25) is 0 Å². The number of rotatable bonds is 7. The van der Waals surface area contributed by atoms with Crippen molar-refractivity contribution in [2.75, 3.05) is 5.32 Å². The summed E-state index contributed by atoms with van der Waals surface area (Å²) in [5.74, 6) is -0.579. The predicted octanol–water partition coefficient (Wildman–Crippen LogP) is 4.49. The lowest BCUT2D eigenvalue weighted by Crippen LogP contribution is -2.14. The maximum absolute atomic E-state index is 13.1. The lowest BCUT2D eigenvalue weighted by molar-refractivity contribution is -0.136. The molecule has 0 spiro atoms. The number of benzene rings is 1. The average molecular weight is 393 g/mol. The van der Waals surface area contributed by atoms with Crippen molar-refractivity contribution in [1.29, 1.82) is 0 Å². The SMILES string of the molecule is CC(C)c1noc2nc(C3CC3)cc(C(=O)Nc3ccc(CCC(=O)O)cc3)c12. The van der Waals surface area contributed by atoms with E-state index in [0.717, 1.165) is 29.8 Å². The zero-order valence-electron chi connectivity index (χ0n) is 16.4. The highest BCUT2D eigenvalue weighted by Crippen LogP contribution is 2.41. The molecule has 0 aliphatic heterocycles. The number of hydrogen-bond donors (Lipinski definition) is 2. The Balaban J connectivity index is 1.62. The third-order valence-electron chi connectivity index (χ3n) is 5.12. The molecule has 1 saturated carbocycles. The van der Waals surface area contributed by atoms with Gasteiger partial charge in [-0.3, -0.25) is 9.59 Å². The quantitative estimate of drug-likeness (QED) is 0.612. The molecule has 0 radical (unpaired) electrons. The summed E-state index contributed by atoms with van der Waals surface area (Å²) in [4.78, 5) is 28.4. The van der Waals surface area contributed by atoms with E-state index in [1.165, 1.54) is 0 Å². The molecule has 2 heterocycles. The molecule has 0 unspecified atom stereocenters. The van der Waals surface area contributed by atoms with Crippen molar-refractivity contribution in [3.63, 3.8) is 0 Å². The van der Waals surface area contributed by atoms with Gasteiger partial charge < -0.3 is 14.9 Å². The van der Waals surface area contributed by atoms with E-state index in [2.05, 4.69) is 15.5 Å². The Morgan fingerprint density at radius 2 is 1.97 bits per heavy atom. The fraction of sp³-hybridized carbons (Fsp3) is 0.364. The van der Waals surface area contributed by atoms with E-state index in [0.29, 0.717) is 34.7 Å². The van der Waals surface area contributed by atoms with Crippen LogP contribution < -0.4 is 5.32 Å². The van der Waals surface area contributed by atoms with Crippen molar-refractivity contribution in [3.05, 3.63) is 52.8 Å². The first kappa shape index (κ1) is 19.1. The van der Waals surface area contributed by atoms with Crippen molar-refractivity contribution in [3.8, 4) is 0 Å². The van der Waals surface area contributed by atoms with Crippen molar-refractivity contribution < 1.29 is 19.2 Å². The van der Waals surface area contributed by atoms with Gasteiger partial charge in [-0.25, -0.2) is 4.98 Å². The number of amides is 1. The van der Waals surface area contributed by atoms with E-state index in [1.54, 1.807) is 12.1 Å². The van der Waals surface area contributed by atoms with Crippen LogP contribution in [0.15, 0.2) is 34.9 Å². The van der Waals surface area contributed by atoms with Crippen LogP contribution in [0, 0.1) is 0 Å².